The van der Waals surface area contributed by atoms with Crippen LogP contribution in [0.25, 0.3) is 43.8 Å². The van der Waals surface area contributed by atoms with Gasteiger partial charge in [0, 0.05) is 4.47 Å². The normalized spacial score (nSPS) is 10.1. The van der Waals surface area contributed by atoms with Crippen LogP contribution < -0.4 is 24.3 Å². The molecule has 41 heavy (non-hydrogen) atoms. The monoisotopic (exact) mass is 596 g/mol. The van der Waals surface area contributed by atoms with Crippen molar-refractivity contribution in [3.63, 3.8) is 0 Å². The number of unbranched alkanes of at least 4 members (excludes halogenated alkanes) is 1. The van der Waals surface area contributed by atoms with Crippen LogP contribution in [0, 0.1) is 0 Å². The maximum atomic E-state index is 9.44. The van der Waals surface area contributed by atoms with Gasteiger partial charge in [-0.3, -0.25) is 0 Å². The van der Waals surface area contributed by atoms with Crippen molar-refractivity contribution < 1.29 is 30.3 Å². The van der Waals surface area contributed by atoms with Gasteiger partial charge in [0.15, 0.2) is 0 Å². The molecule has 202 valence electrons. The fourth-order valence-corrected chi connectivity index (χ4v) is 5.03. The van der Waals surface area contributed by atoms with E-state index >= 15 is 0 Å². The van der Waals surface area contributed by atoms with Gasteiger partial charge in [0.2, 0.25) is 0 Å². The van der Waals surface area contributed by atoms with Gasteiger partial charge in [-0.05, 0) is 55.3 Å². The summed E-state index contributed by atoms with van der Waals surface area (Å²) in [5.74, 6) is 0. The van der Waals surface area contributed by atoms with Gasteiger partial charge in [0.1, 0.15) is 0 Å². The van der Waals surface area contributed by atoms with Gasteiger partial charge in [-0.15, -0.1) is 0 Å². The fraction of sp³-hybridized carbons (Fsp3) is 0.111. The average Bonchev–Trinajstić information content (AvgIpc) is 3.02. The smallest absolute Gasteiger partial charge is 1.00 e. The van der Waals surface area contributed by atoms with Gasteiger partial charge in [-0.2, -0.15) is 0 Å². The molecular weight excluding hydrogens is 562 g/mol. The molecule has 2 N–H and O–H groups in total. The van der Waals surface area contributed by atoms with Crippen molar-refractivity contribution in [3.05, 3.63) is 138 Å². The largest absolute Gasteiger partial charge is 1.00 e. The molecule has 0 unspecified atom stereocenters. The summed E-state index contributed by atoms with van der Waals surface area (Å²) >= 11 is 3.60. The molecule has 0 aliphatic heterocycles. The van der Waals surface area contributed by atoms with Crippen LogP contribution in [0.5, 0.6) is 0 Å². The summed E-state index contributed by atoms with van der Waals surface area (Å²) in [5.41, 5.74) is 5.30. The van der Waals surface area contributed by atoms with E-state index in [2.05, 4.69) is 103 Å². The molecule has 0 fully saturated rings. The van der Waals surface area contributed by atoms with E-state index in [0.717, 1.165) is 26.4 Å². The van der Waals surface area contributed by atoms with Crippen LogP contribution >= 0.6 is 15.9 Å². The van der Waals surface area contributed by atoms with Crippen LogP contribution in [0.4, 0.5) is 0 Å². The first kappa shape index (κ1) is 32.4. The molecule has 5 heteroatoms. The average molecular weight is 597 g/mol. The zero-order chi connectivity index (χ0) is 28.3. The molecule has 6 aromatic rings. The van der Waals surface area contributed by atoms with E-state index in [0.29, 0.717) is 5.46 Å². The molecule has 0 radical (unpaired) electrons. The molecule has 6 rings (SSSR count). The van der Waals surface area contributed by atoms with Crippen LogP contribution in [0.15, 0.2) is 138 Å². The van der Waals surface area contributed by atoms with Crippen molar-refractivity contribution in [2.24, 2.45) is 0 Å². The number of benzene rings is 6. The SMILES string of the molecule is Brc1ccc(-c2ccccc2)c2ccccc12.CCCC.OB(O)c1ccc(-c2ccccc2)c2ccccc12.[H-].[Li+]. The molecule has 6 aromatic carbocycles. The Labute approximate surface area is 266 Å². The third-order valence-corrected chi connectivity index (χ3v) is 7.47. The Balaban J connectivity index is 0.000000251. The minimum Gasteiger partial charge on any atom is -1.00 e. The van der Waals surface area contributed by atoms with Crippen LogP contribution in [0.3, 0.4) is 0 Å². The first-order valence-electron chi connectivity index (χ1n) is 13.7. The van der Waals surface area contributed by atoms with Crippen molar-refractivity contribution in [3.8, 4) is 22.3 Å². The molecule has 0 bridgehead atoms. The van der Waals surface area contributed by atoms with E-state index in [1.165, 1.54) is 34.7 Å². The quantitative estimate of drug-likeness (QED) is 0.232. The molecule has 0 atom stereocenters. The number of halogens is 1. The molecule has 0 aliphatic rings. The molecule has 2 nitrogen and oxygen atoms in total. The standard InChI is InChI=1S/C16H13BO2.C16H11Br.C4H10.Li.H/c18-17(19)16-11-10-13(12-6-2-1-3-7-12)14-8-4-5-9-15(14)16;17-16-11-10-13(12-6-2-1-3-7-12)14-8-4-5-9-15(14)16;1-3-4-2;;/h1-11,18-19H;1-11H;3-4H2,1-2H3;;/q;;;+1;-1. The van der Waals surface area contributed by atoms with Gasteiger partial charge in [0.05, 0.1) is 0 Å². The second-order valence-corrected chi connectivity index (χ2v) is 10.3. The number of hydrogen-bond donors (Lipinski definition) is 2. The molecule has 0 aromatic heterocycles. The van der Waals surface area contributed by atoms with E-state index in [1.54, 1.807) is 6.07 Å². The Hall–Kier alpha value is -3.10. The minimum atomic E-state index is -1.45. The van der Waals surface area contributed by atoms with Crippen molar-refractivity contribution in [1.82, 2.24) is 0 Å². The summed E-state index contributed by atoms with van der Waals surface area (Å²) in [5, 5.41) is 23.3. The minimum absolute atomic E-state index is 0. The number of fused-ring (bicyclic) bond motifs is 2. The number of hydrogen-bond acceptors (Lipinski definition) is 2. The van der Waals surface area contributed by atoms with Crippen molar-refractivity contribution in [2.45, 2.75) is 26.7 Å². The fourth-order valence-electron chi connectivity index (χ4n) is 4.55. The Kier molecular flexibility index (Phi) is 12.9. The second-order valence-electron chi connectivity index (χ2n) is 9.49. The topological polar surface area (TPSA) is 40.5 Å². The van der Waals surface area contributed by atoms with E-state index < -0.39 is 7.12 Å². The molecule has 0 saturated heterocycles. The second kappa shape index (κ2) is 16.4. The predicted molar refractivity (Wildman–Crippen MR) is 178 cm³/mol. The molecule has 0 spiro atoms. The van der Waals surface area contributed by atoms with Crippen LogP contribution in [0.2, 0.25) is 0 Å². The Morgan fingerprint density at radius 1 is 0.512 bits per heavy atom. The predicted octanol–water partition coefficient (Wildman–Crippen LogP) is 6.38. The van der Waals surface area contributed by atoms with Crippen molar-refractivity contribution >= 4 is 50.1 Å². The van der Waals surface area contributed by atoms with E-state index in [-0.39, 0.29) is 20.3 Å². The van der Waals surface area contributed by atoms with E-state index in [4.69, 9.17) is 0 Å². The maximum absolute atomic E-state index is 9.44. The van der Waals surface area contributed by atoms with Crippen molar-refractivity contribution in [2.75, 3.05) is 0 Å². The summed E-state index contributed by atoms with van der Waals surface area (Å²) in [4.78, 5) is 0. The Bertz CT molecular complexity index is 1660. The first-order chi connectivity index (χ1) is 19.5. The number of rotatable bonds is 4. The summed E-state index contributed by atoms with van der Waals surface area (Å²) in [7, 11) is -1.45. The summed E-state index contributed by atoms with van der Waals surface area (Å²) in [6.07, 6.45) is 2.64. The molecule has 0 saturated carbocycles. The van der Waals surface area contributed by atoms with Gasteiger partial charge >= 0.3 is 26.0 Å². The Morgan fingerprint density at radius 2 is 0.902 bits per heavy atom. The molecule has 0 heterocycles. The van der Waals surface area contributed by atoms with Crippen LogP contribution in [-0.4, -0.2) is 17.2 Å². The van der Waals surface area contributed by atoms with Gasteiger partial charge in [-0.1, -0.05) is 170 Å². The zero-order valence-electron chi connectivity index (χ0n) is 25.0. The van der Waals surface area contributed by atoms with E-state index in [1.807, 2.05) is 54.6 Å². The Morgan fingerprint density at radius 3 is 1.37 bits per heavy atom. The van der Waals surface area contributed by atoms with Crippen molar-refractivity contribution in [1.29, 1.82) is 0 Å². The molecular formula is C36H35BBrLiO2. The van der Waals surface area contributed by atoms with Gasteiger partial charge in [-0.25, -0.2) is 0 Å². The third kappa shape index (κ3) is 8.23. The van der Waals surface area contributed by atoms with Crippen LogP contribution in [-0.2, 0) is 0 Å². The summed E-state index contributed by atoms with van der Waals surface area (Å²) in [6.45, 7) is 4.36. The first-order valence-corrected chi connectivity index (χ1v) is 14.5. The third-order valence-electron chi connectivity index (χ3n) is 6.78. The summed E-state index contributed by atoms with van der Waals surface area (Å²) in [6, 6.07) is 44.8. The zero-order valence-corrected chi connectivity index (χ0v) is 25.6. The van der Waals surface area contributed by atoms with Crippen LogP contribution in [0.1, 0.15) is 28.1 Å². The maximum Gasteiger partial charge on any atom is 1.00 e. The molecule has 0 amide bonds. The van der Waals surface area contributed by atoms with Gasteiger partial charge in [0.25, 0.3) is 0 Å². The van der Waals surface area contributed by atoms with E-state index in [9.17, 15) is 10.0 Å². The summed E-state index contributed by atoms with van der Waals surface area (Å²) < 4.78 is 1.15. The van der Waals surface area contributed by atoms with Gasteiger partial charge < -0.3 is 11.5 Å². The molecule has 0 aliphatic carbocycles.